The average molecular weight is 427 g/mol. The molecular weight excluding hydrogens is 405 g/mol. The highest BCUT2D eigenvalue weighted by molar-refractivity contribution is 6.39. The molecule has 3 heterocycles. The highest BCUT2D eigenvalue weighted by Gasteiger charge is 2.38. The Morgan fingerprint density at radius 1 is 1.23 bits per heavy atom. The van der Waals surface area contributed by atoms with Crippen molar-refractivity contribution >= 4 is 23.4 Å². The number of hydrogen-bond acceptors (Lipinski definition) is 6. The Bertz CT molecular complexity index is 1010. The Morgan fingerprint density at radius 2 is 2.03 bits per heavy atom. The fraction of sp³-hybridized carbons (Fsp3) is 0.400. The van der Waals surface area contributed by atoms with Crippen molar-refractivity contribution in [2.45, 2.75) is 44.6 Å². The van der Waals surface area contributed by atoms with Crippen molar-refractivity contribution in [3.63, 3.8) is 0 Å². The molecule has 1 aromatic heterocycles. The van der Waals surface area contributed by atoms with Crippen LogP contribution in [0.5, 0.6) is 0 Å². The summed E-state index contributed by atoms with van der Waals surface area (Å²) in [4.78, 5) is 37.7. The van der Waals surface area contributed by atoms with Crippen LogP contribution in [0.1, 0.15) is 35.3 Å². The maximum absolute atomic E-state index is 14.1. The lowest BCUT2D eigenvalue weighted by Gasteiger charge is -2.25. The largest absolute Gasteiger partial charge is 0.347 e. The zero-order valence-electron chi connectivity index (χ0n) is 16.7. The molecular formula is C20H22FN7O3. The molecule has 2 aromatic rings. The van der Waals surface area contributed by atoms with E-state index in [1.54, 1.807) is 0 Å². The number of alkyl halides is 1. The molecule has 0 radical (unpaired) electrons. The smallest absolute Gasteiger partial charge is 0.273 e. The van der Waals surface area contributed by atoms with Gasteiger partial charge in [0.15, 0.2) is 5.69 Å². The van der Waals surface area contributed by atoms with Crippen molar-refractivity contribution in [2.75, 3.05) is 6.54 Å². The fourth-order valence-corrected chi connectivity index (χ4v) is 3.65. The van der Waals surface area contributed by atoms with Crippen LogP contribution in [-0.2, 0) is 22.7 Å². The lowest BCUT2D eigenvalue weighted by atomic mass is 10.1. The minimum atomic E-state index is -1.16. The number of likely N-dealkylation sites (tertiary alicyclic amines) is 1. The highest BCUT2D eigenvalue weighted by atomic mass is 19.1. The first-order chi connectivity index (χ1) is 15.0. The van der Waals surface area contributed by atoms with E-state index >= 15 is 0 Å². The molecule has 162 valence electrons. The van der Waals surface area contributed by atoms with Crippen LogP contribution in [0.4, 0.5) is 4.39 Å². The van der Waals surface area contributed by atoms with Crippen LogP contribution >= 0.6 is 0 Å². The number of carbonyl (C=O) groups excluding carboxylic acids is 3. The summed E-state index contributed by atoms with van der Waals surface area (Å²) in [7, 11) is 0. The molecule has 0 aliphatic carbocycles. The van der Waals surface area contributed by atoms with Crippen LogP contribution in [0.25, 0.3) is 0 Å². The van der Waals surface area contributed by atoms with E-state index in [-0.39, 0.29) is 55.6 Å². The number of hydrazone groups is 1. The third kappa shape index (κ3) is 4.93. The van der Waals surface area contributed by atoms with E-state index in [0.717, 1.165) is 5.56 Å². The maximum atomic E-state index is 14.1. The predicted octanol–water partition coefficient (Wildman–Crippen LogP) is 0.413. The lowest BCUT2D eigenvalue weighted by molar-refractivity contribution is -0.125. The third-order valence-corrected chi connectivity index (χ3v) is 5.24. The molecule has 4 rings (SSSR count). The molecule has 0 unspecified atom stereocenters. The molecule has 0 spiro atoms. The molecule has 0 bridgehead atoms. The summed E-state index contributed by atoms with van der Waals surface area (Å²) in [6, 6.07) is 9.02. The second-order valence-corrected chi connectivity index (χ2v) is 7.53. The van der Waals surface area contributed by atoms with Gasteiger partial charge in [0.1, 0.15) is 11.9 Å². The molecule has 31 heavy (non-hydrogen) atoms. The van der Waals surface area contributed by atoms with Crippen molar-refractivity contribution in [2.24, 2.45) is 5.10 Å². The van der Waals surface area contributed by atoms with Crippen LogP contribution < -0.4 is 10.7 Å². The number of nitrogens with zero attached hydrogens (tertiary/aromatic N) is 5. The molecule has 11 heteroatoms. The zero-order valence-corrected chi connectivity index (χ0v) is 16.7. The number of nitrogens with one attached hydrogen (secondary N) is 2. The van der Waals surface area contributed by atoms with Gasteiger partial charge in [-0.2, -0.15) is 5.10 Å². The number of aromatic nitrogens is 3. The number of carbonyl (C=O) groups is 3. The van der Waals surface area contributed by atoms with E-state index in [4.69, 9.17) is 0 Å². The van der Waals surface area contributed by atoms with E-state index in [1.165, 1.54) is 15.8 Å². The number of rotatable bonds is 6. The number of benzene rings is 1. The van der Waals surface area contributed by atoms with E-state index in [1.807, 2.05) is 30.3 Å². The summed E-state index contributed by atoms with van der Waals surface area (Å²) in [6.07, 6.45) is 0.866. The van der Waals surface area contributed by atoms with Gasteiger partial charge in [-0.3, -0.25) is 14.4 Å². The van der Waals surface area contributed by atoms with Crippen LogP contribution in [0.15, 0.2) is 41.6 Å². The van der Waals surface area contributed by atoms with Gasteiger partial charge in [0.2, 0.25) is 5.91 Å². The molecule has 1 saturated heterocycles. The first-order valence-corrected chi connectivity index (χ1v) is 10.0. The minimum absolute atomic E-state index is 0.0460. The van der Waals surface area contributed by atoms with E-state index in [2.05, 4.69) is 26.2 Å². The molecule has 2 atom stereocenters. The Balaban J connectivity index is 1.38. The summed E-state index contributed by atoms with van der Waals surface area (Å²) in [5, 5.41) is 14.4. The van der Waals surface area contributed by atoms with Gasteiger partial charge in [-0.1, -0.05) is 35.5 Å². The molecule has 2 aliphatic heterocycles. The number of halogens is 1. The summed E-state index contributed by atoms with van der Waals surface area (Å²) in [5.41, 5.74) is 3.59. The summed E-state index contributed by atoms with van der Waals surface area (Å²) >= 11 is 0. The van der Waals surface area contributed by atoms with Gasteiger partial charge in [0, 0.05) is 25.8 Å². The van der Waals surface area contributed by atoms with Crippen LogP contribution in [0.2, 0.25) is 0 Å². The Morgan fingerprint density at radius 3 is 2.77 bits per heavy atom. The van der Waals surface area contributed by atoms with Gasteiger partial charge in [-0.05, 0) is 5.56 Å². The Kier molecular flexibility index (Phi) is 6.01. The van der Waals surface area contributed by atoms with Crippen molar-refractivity contribution in [1.29, 1.82) is 0 Å². The number of amides is 3. The van der Waals surface area contributed by atoms with Gasteiger partial charge >= 0.3 is 0 Å². The SMILES string of the molecule is O=C1CCC(C(=O)N2C[C@@H](F)C[C@H]2Cn2cc(C(=O)NCc3ccccc3)nn2)=NN1. The summed E-state index contributed by atoms with van der Waals surface area (Å²) in [5.74, 6) is -1.02. The maximum Gasteiger partial charge on any atom is 0.273 e. The van der Waals surface area contributed by atoms with Crippen LogP contribution in [-0.4, -0.2) is 62.1 Å². The monoisotopic (exact) mass is 427 g/mol. The Hall–Kier alpha value is -3.63. The zero-order chi connectivity index (χ0) is 21.8. The fourth-order valence-electron chi connectivity index (χ4n) is 3.65. The van der Waals surface area contributed by atoms with Gasteiger partial charge in [-0.15, -0.1) is 5.10 Å². The third-order valence-electron chi connectivity index (χ3n) is 5.24. The molecule has 3 amide bonds. The summed E-state index contributed by atoms with van der Waals surface area (Å²) in [6.45, 7) is 0.514. The van der Waals surface area contributed by atoms with Gasteiger partial charge in [0.25, 0.3) is 11.8 Å². The van der Waals surface area contributed by atoms with Crippen molar-refractivity contribution < 1.29 is 18.8 Å². The summed E-state index contributed by atoms with van der Waals surface area (Å²) < 4.78 is 15.5. The van der Waals surface area contributed by atoms with E-state index < -0.39 is 18.1 Å². The van der Waals surface area contributed by atoms with Crippen LogP contribution in [0, 0.1) is 0 Å². The standard InChI is InChI=1S/C20H22FN7O3/c21-14-8-15(28(10-14)20(31)16-6-7-18(29)25-23-16)11-27-12-17(24-26-27)19(30)22-9-13-4-2-1-3-5-13/h1-5,12,14-15H,6-11H2,(H,22,30)(H,25,29)/t14-,15-/m0/s1. The van der Waals surface area contributed by atoms with Crippen LogP contribution in [0.3, 0.4) is 0 Å². The topological polar surface area (TPSA) is 122 Å². The lowest BCUT2D eigenvalue weighted by Crippen LogP contribution is -2.44. The molecule has 1 aromatic carbocycles. The van der Waals surface area contributed by atoms with Crippen molar-refractivity contribution in [3.8, 4) is 0 Å². The first-order valence-electron chi connectivity index (χ1n) is 10.0. The molecule has 1 fully saturated rings. The second-order valence-electron chi connectivity index (χ2n) is 7.53. The number of hydrogen-bond donors (Lipinski definition) is 2. The van der Waals surface area contributed by atoms with E-state index in [9.17, 15) is 18.8 Å². The van der Waals surface area contributed by atoms with E-state index in [0.29, 0.717) is 6.54 Å². The molecule has 10 nitrogen and oxygen atoms in total. The molecule has 0 saturated carbocycles. The quantitative estimate of drug-likeness (QED) is 0.692. The van der Waals surface area contributed by atoms with Gasteiger partial charge < -0.3 is 10.2 Å². The normalized spacial score (nSPS) is 20.9. The first kappa shape index (κ1) is 20.6. The molecule has 2 N–H and O–H groups in total. The van der Waals surface area contributed by atoms with Crippen molar-refractivity contribution in [1.82, 2.24) is 30.6 Å². The average Bonchev–Trinajstić information content (AvgIpc) is 3.39. The highest BCUT2D eigenvalue weighted by Crippen LogP contribution is 2.23. The molecule has 2 aliphatic rings. The van der Waals surface area contributed by atoms with Gasteiger partial charge in [0.05, 0.1) is 25.3 Å². The Labute approximate surface area is 177 Å². The predicted molar refractivity (Wildman–Crippen MR) is 107 cm³/mol. The second kappa shape index (κ2) is 9.02. The van der Waals surface area contributed by atoms with Gasteiger partial charge in [-0.25, -0.2) is 14.5 Å². The minimum Gasteiger partial charge on any atom is -0.347 e. The van der Waals surface area contributed by atoms with Crippen molar-refractivity contribution in [3.05, 3.63) is 47.8 Å².